The second-order valence-electron chi connectivity index (χ2n) is 5.52. The Morgan fingerprint density at radius 3 is 2.10 bits per heavy atom. The predicted molar refractivity (Wildman–Crippen MR) is 87.3 cm³/mol. The van der Waals surface area contributed by atoms with E-state index in [1.54, 1.807) is 0 Å². The Morgan fingerprint density at radius 1 is 1.10 bits per heavy atom. The van der Waals surface area contributed by atoms with Crippen molar-refractivity contribution in [3.05, 3.63) is 11.4 Å². The smallest absolute Gasteiger partial charge is 0.276 e. The highest BCUT2D eigenvalue weighted by atomic mass is 16.2. The van der Waals surface area contributed by atoms with Crippen molar-refractivity contribution in [1.29, 1.82) is 0 Å². The Kier molecular flexibility index (Phi) is 7.87. The molecule has 0 aliphatic carbocycles. The first kappa shape index (κ1) is 17.5. The zero-order valence-corrected chi connectivity index (χ0v) is 13.7. The molecule has 1 amide bonds. The van der Waals surface area contributed by atoms with Gasteiger partial charge in [0, 0.05) is 13.1 Å². The molecule has 120 valence electrons. The average molecular weight is 294 g/mol. The Bertz CT molecular complexity index is 418. The van der Waals surface area contributed by atoms with Crippen molar-refractivity contribution < 1.29 is 4.79 Å². The Labute approximate surface area is 128 Å². The van der Waals surface area contributed by atoms with Crippen LogP contribution in [0.4, 0.5) is 5.69 Å². The number of aromatic amines is 1. The molecule has 1 aromatic heterocycles. The summed E-state index contributed by atoms with van der Waals surface area (Å²) in [6.07, 6.45) is 7.45. The van der Waals surface area contributed by atoms with Crippen molar-refractivity contribution in [2.24, 2.45) is 0 Å². The number of unbranched alkanes of at least 4 members (excludes halogenated alkanes) is 4. The number of hydrogen-bond donors (Lipinski definition) is 2. The highest BCUT2D eigenvalue weighted by molar-refractivity contribution is 5.97. The lowest BCUT2D eigenvalue weighted by Gasteiger charge is -2.22. The van der Waals surface area contributed by atoms with Gasteiger partial charge in [-0.3, -0.25) is 9.89 Å². The summed E-state index contributed by atoms with van der Waals surface area (Å²) in [7, 11) is 0. The van der Waals surface area contributed by atoms with Crippen LogP contribution in [-0.4, -0.2) is 34.1 Å². The molecule has 0 unspecified atom stereocenters. The van der Waals surface area contributed by atoms with E-state index in [9.17, 15) is 4.79 Å². The molecule has 0 fully saturated rings. The highest BCUT2D eigenvalue weighted by Crippen LogP contribution is 2.17. The van der Waals surface area contributed by atoms with Crippen molar-refractivity contribution in [2.75, 3.05) is 18.8 Å². The Hall–Kier alpha value is -1.52. The third-order valence-corrected chi connectivity index (χ3v) is 3.79. The number of H-pyrrole nitrogens is 1. The summed E-state index contributed by atoms with van der Waals surface area (Å²) in [6, 6.07) is 0. The Balaban J connectivity index is 2.74. The summed E-state index contributed by atoms with van der Waals surface area (Å²) in [6.45, 7) is 7.93. The fourth-order valence-electron chi connectivity index (χ4n) is 2.39. The summed E-state index contributed by atoms with van der Waals surface area (Å²) in [5.74, 6) is -0.0318. The zero-order chi connectivity index (χ0) is 15.7. The fourth-order valence-corrected chi connectivity index (χ4v) is 2.39. The molecule has 21 heavy (non-hydrogen) atoms. The summed E-state index contributed by atoms with van der Waals surface area (Å²) < 4.78 is 0. The van der Waals surface area contributed by atoms with Crippen LogP contribution in [0.25, 0.3) is 0 Å². The molecule has 0 aromatic carbocycles. The standard InChI is InChI=1S/C16H30N4O/c1-4-7-9-11-20(12-10-8-5-2)16(21)15-14(17)13(6-3)18-19-15/h4-12,17H2,1-3H3,(H,18,19). The number of carbonyl (C=O) groups is 1. The maximum Gasteiger partial charge on any atom is 0.276 e. The van der Waals surface area contributed by atoms with Gasteiger partial charge in [0.2, 0.25) is 0 Å². The molecule has 0 saturated heterocycles. The topological polar surface area (TPSA) is 75.0 Å². The number of nitrogens with two attached hydrogens (primary N) is 1. The van der Waals surface area contributed by atoms with Crippen LogP contribution in [0.1, 0.15) is 75.5 Å². The van der Waals surface area contributed by atoms with Gasteiger partial charge in [0.1, 0.15) is 0 Å². The van der Waals surface area contributed by atoms with Crippen LogP contribution < -0.4 is 5.73 Å². The third kappa shape index (κ3) is 5.06. The number of nitrogen functional groups attached to an aromatic ring is 1. The molecular formula is C16H30N4O. The summed E-state index contributed by atoms with van der Waals surface area (Å²) in [5.41, 5.74) is 7.77. The zero-order valence-electron chi connectivity index (χ0n) is 13.7. The quantitative estimate of drug-likeness (QED) is 0.650. The number of aryl methyl sites for hydroxylation is 1. The van der Waals surface area contributed by atoms with Gasteiger partial charge in [-0.2, -0.15) is 5.10 Å². The molecule has 1 heterocycles. The molecule has 1 aromatic rings. The lowest BCUT2D eigenvalue weighted by molar-refractivity contribution is 0.0744. The molecule has 0 radical (unpaired) electrons. The molecule has 0 spiro atoms. The van der Waals surface area contributed by atoms with Crippen molar-refractivity contribution in [3.63, 3.8) is 0 Å². The van der Waals surface area contributed by atoms with Crippen LogP contribution >= 0.6 is 0 Å². The van der Waals surface area contributed by atoms with E-state index in [2.05, 4.69) is 24.0 Å². The molecule has 0 aliphatic heterocycles. The molecule has 0 aliphatic rings. The van der Waals surface area contributed by atoms with Gasteiger partial charge in [-0.15, -0.1) is 0 Å². The second kappa shape index (κ2) is 9.42. The highest BCUT2D eigenvalue weighted by Gasteiger charge is 2.21. The van der Waals surface area contributed by atoms with E-state index in [1.165, 1.54) is 0 Å². The summed E-state index contributed by atoms with van der Waals surface area (Å²) in [5, 5.41) is 6.99. The van der Waals surface area contributed by atoms with Crippen molar-refractivity contribution >= 4 is 11.6 Å². The van der Waals surface area contributed by atoms with Gasteiger partial charge in [-0.05, 0) is 19.3 Å². The van der Waals surface area contributed by atoms with E-state index >= 15 is 0 Å². The minimum absolute atomic E-state index is 0.0318. The molecule has 3 N–H and O–H groups in total. The van der Waals surface area contributed by atoms with Crippen LogP contribution in [0.5, 0.6) is 0 Å². The van der Waals surface area contributed by atoms with E-state index < -0.39 is 0 Å². The SMILES string of the molecule is CCCCCN(CCCCC)C(=O)c1n[nH]c(CC)c1N. The number of aromatic nitrogens is 2. The molecule has 5 heteroatoms. The lowest BCUT2D eigenvalue weighted by atomic mass is 10.2. The van der Waals surface area contributed by atoms with Crippen LogP contribution in [0.2, 0.25) is 0 Å². The van der Waals surface area contributed by atoms with Gasteiger partial charge in [0.15, 0.2) is 5.69 Å². The first-order valence-electron chi connectivity index (χ1n) is 8.27. The van der Waals surface area contributed by atoms with Gasteiger partial charge in [0.05, 0.1) is 11.4 Å². The predicted octanol–water partition coefficient (Wildman–Crippen LogP) is 3.38. The van der Waals surface area contributed by atoms with Crippen LogP contribution in [0.15, 0.2) is 0 Å². The lowest BCUT2D eigenvalue weighted by Crippen LogP contribution is -2.33. The Morgan fingerprint density at radius 2 is 1.67 bits per heavy atom. The van der Waals surface area contributed by atoms with Crippen molar-refractivity contribution in [2.45, 2.75) is 65.7 Å². The van der Waals surface area contributed by atoms with Gasteiger partial charge < -0.3 is 10.6 Å². The van der Waals surface area contributed by atoms with Crippen LogP contribution in [0, 0.1) is 0 Å². The molecule has 0 atom stereocenters. The van der Waals surface area contributed by atoms with Gasteiger partial charge in [-0.25, -0.2) is 0 Å². The van der Waals surface area contributed by atoms with Gasteiger partial charge in [-0.1, -0.05) is 46.5 Å². The minimum atomic E-state index is -0.0318. The number of nitrogens with zero attached hydrogens (tertiary/aromatic N) is 2. The largest absolute Gasteiger partial charge is 0.395 e. The molecule has 1 rings (SSSR count). The molecule has 0 bridgehead atoms. The van der Waals surface area contributed by atoms with E-state index in [-0.39, 0.29) is 5.91 Å². The van der Waals surface area contributed by atoms with Gasteiger partial charge >= 0.3 is 0 Å². The first-order valence-corrected chi connectivity index (χ1v) is 8.27. The third-order valence-electron chi connectivity index (χ3n) is 3.79. The number of rotatable bonds is 10. The summed E-state index contributed by atoms with van der Waals surface area (Å²) in [4.78, 5) is 14.6. The molecule has 0 saturated carbocycles. The number of carbonyl (C=O) groups excluding carboxylic acids is 1. The molecule has 5 nitrogen and oxygen atoms in total. The van der Waals surface area contributed by atoms with E-state index in [1.807, 2.05) is 11.8 Å². The molecular weight excluding hydrogens is 264 g/mol. The van der Waals surface area contributed by atoms with E-state index in [0.29, 0.717) is 11.4 Å². The minimum Gasteiger partial charge on any atom is -0.395 e. The van der Waals surface area contributed by atoms with Gasteiger partial charge in [0.25, 0.3) is 5.91 Å². The van der Waals surface area contributed by atoms with Crippen molar-refractivity contribution in [1.82, 2.24) is 15.1 Å². The normalized spacial score (nSPS) is 10.8. The van der Waals surface area contributed by atoms with Crippen LogP contribution in [0.3, 0.4) is 0 Å². The average Bonchev–Trinajstić information content (AvgIpc) is 2.86. The van der Waals surface area contributed by atoms with E-state index in [4.69, 9.17) is 5.73 Å². The fraction of sp³-hybridized carbons (Fsp3) is 0.750. The van der Waals surface area contributed by atoms with E-state index in [0.717, 1.165) is 63.7 Å². The van der Waals surface area contributed by atoms with Crippen molar-refractivity contribution in [3.8, 4) is 0 Å². The number of amides is 1. The number of hydrogen-bond acceptors (Lipinski definition) is 3. The van der Waals surface area contributed by atoms with Crippen LogP contribution in [-0.2, 0) is 6.42 Å². The number of anilines is 1. The number of nitrogens with one attached hydrogen (secondary N) is 1. The first-order chi connectivity index (χ1) is 10.2. The maximum atomic E-state index is 12.6. The summed E-state index contributed by atoms with van der Waals surface area (Å²) >= 11 is 0. The maximum absolute atomic E-state index is 12.6. The second-order valence-corrected chi connectivity index (χ2v) is 5.52. The monoisotopic (exact) mass is 294 g/mol.